The highest BCUT2D eigenvalue weighted by molar-refractivity contribution is 6.22. The number of fused-ring (bicyclic) bond motifs is 1. The van der Waals surface area contributed by atoms with Gasteiger partial charge in [-0.25, -0.2) is 9.38 Å². The summed E-state index contributed by atoms with van der Waals surface area (Å²) in [7, 11) is 4.02. The Morgan fingerprint density at radius 3 is 2.58 bits per heavy atom. The number of amides is 1. The molecular formula is C30H27FN4O3. The first kappa shape index (κ1) is 25.0. The van der Waals surface area contributed by atoms with E-state index in [0.29, 0.717) is 27.9 Å². The number of furan rings is 1. The molecule has 0 aliphatic carbocycles. The second-order valence-electron chi connectivity index (χ2n) is 9.26. The monoisotopic (exact) mass is 510 g/mol. The number of rotatable bonds is 8. The SMILES string of the molecule is CN(C)Cc1ccc(N=C(c2cccc(CNC(=O)c3ccco3)c2)c2c(O)[nH]c3cc(F)ccc23)cc1. The van der Waals surface area contributed by atoms with Gasteiger partial charge in [-0.3, -0.25) is 4.79 Å². The molecule has 1 amide bonds. The number of benzene rings is 3. The number of hydrogen-bond acceptors (Lipinski definition) is 5. The maximum Gasteiger partial charge on any atom is 0.287 e. The summed E-state index contributed by atoms with van der Waals surface area (Å²) in [5.41, 5.74) is 4.86. The van der Waals surface area contributed by atoms with E-state index in [1.165, 1.54) is 18.4 Å². The average molecular weight is 511 g/mol. The highest BCUT2D eigenvalue weighted by Crippen LogP contribution is 2.32. The molecule has 0 aliphatic heterocycles. The zero-order valence-corrected chi connectivity index (χ0v) is 21.0. The van der Waals surface area contributed by atoms with Gasteiger partial charge in [0.1, 0.15) is 5.82 Å². The largest absolute Gasteiger partial charge is 0.494 e. The number of nitrogens with one attached hydrogen (secondary N) is 2. The van der Waals surface area contributed by atoms with Crippen LogP contribution in [0.3, 0.4) is 0 Å². The van der Waals surface area contributed by atoms with Crippen LogP contribution in [0, 0.1) is 5.82 Å². The van der Waals surface area contributed by atoms with Gasteiger partial charge in [-0.1, -0.05) is 30.3 Å². The third kappa shape index (κ3) is 5.50. The fraction of sp³-hybridized carbons (Fsp3) is 0.133. The van der Waals surface area contributed by atoms with Crippen molar-refractivity contribution in [2.75, 3.05) is 14.1 Å². The van der Waals surface area contributed by atoms with E-state index in [0.717, 1.165) is 23.2 Å². The van der Waals surface area contributed by atoms with Crippen LogP contribution in [-0.4, -0.2) is 40.7 Å². The van der Waals surface area contributed by atoms with Crippen molar-refractivity contribution < 1.29 is 18.7 Å². The molecule has 7 nitrogen and oxygen atoms in total. The van der Waals surface area contributed by atoms with Crippen molar-refractivity contribution in [1.82, 2.24) is 15.2 Å². The Labute approximate surface area is 219 Å². The maximum absolute atomic E-state index is 13.9. The molecule has 5 rings (SSSR count). The van der Waals surface area contributed by atoms with Crippen LogP contribution in [0.5, 0.6) is 5.88 Å². The Balaban J connectivity index is 1.55. The molecule has 0 spiro atoms. The predicted octanol–water partition coefficient (Wildman–Crippen LogP) is 5.77. The van der Waals surface area contributed by atoms with Gasteiger partial charge >= 0.3 is 0 Å². The molecule has 3 N–H and O–H groups in total. The number of aromatic hydroxyl groups is 1. The van der Waals surface area contributed by atoms with Crippen molar-refractivity contribution in [3.8, 4) is 5.88 Å². The quantitative estimate of drug-likeness (QED) is 0.231. The lowest BCUT2D eigenvalue weighted by molar-refractivity contribution is 0.0923. The smallest absolute Gasteiger partial charge is 0.287 e. The third-order valence-electron chi connectivity index (χ3n) is 6.05. The minimum absolute atomic E-state index is 0.106. The van der Waals surface area contributed by atoms with Crippen molar-refractivity contribution in [1.29, 1.82) is 0 Å². The summed E-state index contributed by atoms with van der Waals surface area (Å²) in [4.78, 5) is 22.2. The number of H-pyrrole nitrogens is 1. The summed E-state index contributed by atoms with van der Waals surface area (Å²) in [6.45, 7) is 1.07. The van der Waals surface area contributed by atoms with Gasteiger partial charge in [-0.2, -0.15) is 0 Å². The molecule has 0 saturated carbocycles. The topological polar surface area (TPSA) is 93.9 Å². The van der Waals surface area contributed by atoms with Gasteiger partial charge in [0.05, 0.1) is 28.7 Å². The van der Waals surface area contributed by atoms with Gasteiger partial charge in [-0.05, 0) is 73.8 Å². The fourth-order valence-corrected chi connectivity index (χ4v) is 4.34. The summed E-state index contributed by atoms with van der Waals surface area (Å²) in [5, 5.41) is 14.4. The van der Waals surface area contributed by atoms with Crippen LogP contribution in [0.25, 0.3) is 10.9 Å². The average Bonchev–Trinajstić information content (AvgIpc) is 3.54. The number of aromatic nitrogens is 1. The van der Waals surface area contributed by atoms with E-state index in [-0.39, 0.29) is 24.1 Å². The number of aromatic amines is 1. The summed E-state index contributed by atoms with van der Waals surface area (Å²) in [6.07, 6.45) is 1.45. The van der Waals surface area contributed by atoms with Crippen molar-refractivity contribution >= 4 is 28.2 Å². The van der Waals surface area contributed by atoms with E-state index in [9.17, 15) is 14.3 Å². The third-order valence-corrected chi connectivity index (χ3v) is 6.05. The molecule has 0 bridgehead atoms. The Morgan fingerprint density at radius 2 is 1.84 bits per heavy atom. The predicted molar refractivity (Wildman–Crippen MR) is 145 cm³/mol. The van der Waals surface area contributed by atoms with Crippen LogP contribution in [0.15, 0.2) is 94.5 Å². The van der Waals surface area contributed by atoms with Crippen LogP contribution in [-0.2, 0) is 13.1 Å². The molecule has 2 aromatic heterocycles. The molecule has 8 heteroatoms. The van der Waals surface area contributed by atoms with Crippen LogP contribution >= 0.6 is 0 Å². The summed E-state index contributed by atoms with van der Waals surface area (Å²) in [6, 6.07) is 23.0. The second kappa shape index (κ2) is 10.7. The number of aliphatic imine (C=N–C) groups is 1. The Bertz CT molecular complexity index is 1600. The summed E-state index contributed by atoms with van der Waals surface area (Å²) in [5.74, 6) is -0.597. The van der Waals surface area contributed by atoms with Gasteiger partial charge in [0.2, 0.25) is 0 Å². The van der Waals surface area contributed by atoms with Crippen molar-refractivity contribution in [2.45, 2.75) is 13.1 Å². The Morgan fingerprint density at radius 1 is 1.03 bits per heavy atom. The Hall–Kier alpha value is -4.69. The van der Waals surface area contributed by atoms with E-state index in [1.807, 2.05) is 62.6 Å². The highest BCUT2D eigenvalue weighted by Gasteiger charge is 2.20. The van der Waals surface area contributed by atoms with Crippen molar-refractivity contribution in [2.24, 2.45) is 4.99 Å². The molecule has 192 valence electrons. The van der Waals surface area contributed by atoms with E-state index in [1.54, 1.807) is 18.2 Å². The first-order valence-corrected chi connectivity index (χ1v) is 12.1. The van der Waals surface area contributed by atoms with Crippen molar-refractivity contribution in [3.63, 3.8) is 0 Å². The minimum Gasteiger partial charge on any atom is -0.494 e. The highest BCUT2D eigenvalue weighted by atomic mass is 19.1. The normalized spacial score (nSPS) is 11.8. The molecule has 0 fully saturated rings. The minimum atomic E-state index is -0.408. The lowest BCUT2D eigenvalue weighted by atomic mass is 9.99. The molecule has 2 heterocycles. The summed E-state index contributed by atoms with van der Waals surface area (Å²) < 4.78 is 19.1. The summed E-state index contributed by atoms with van der Waals surface area (Å²) >= 11 is 0. The lowest BCUT2D eigenvalue weighted by Gasteiger charge is -2.12. The molecule has 0 saturated heterocycles. The number of halogens is 1. The molecule has 5 aromatic rings. The molecule has 0 radical (unpaired) electrons. The van der Waals surface area contributed by atoms with E-state index >= 15 is 0 Å². The van der Waals surface area contributed by atoms with E-state index in [4.69, 9.17) is 9.41 Å². The molecule has 0 aliphatic rings. The van der Waals surface area contributed by atoms with Crippen LogP contribution < -0.4 is 5.32 Å². The van der Waals surface area contributed by atoms with Gasteiger partial charge in [0.15, 0.2) is 11.6 Å². The lowest BCUT2D eigenvalue weighted by Crippen LogP contribution is -2.22. The maximum atomic E-state index is 13.9. The fourth-order valence-electron chi connectivity index (χ4n) is 4.34. The van der Waals surface area contributed by atoms with E-state index in [2.05, 4.69) is 15.2 Å². The van der Waals surface area contributed by atoms with Gasteiger partial charge in [0, 0.05) is 24.0 Å². The van der Waals surface area contributed by atoms with Gasteiger partial charge in [0.25, 0.3) is 5.91 Å². The molecule has 0 unspecified atom stereocenters. The molecule has 38 heavy (non-hydrogen) atoms. The van der Waals surface area contributed by atoms with Crippen molar-refractivity contribution in [3.05, 3.63) is 119 Å². The standard InChI is InChI=1S/C30H27FN4O3/c1-35(2)18-19-8-11-23(12-9-19)33-28(27-24-13-10-22(31)16-25(24)34-30(27)37)21-6-3-5-20(15-21)17-32-29(36)26-7-4-14-38-26/h3-16,34,37H,17-18H2,1-2H3,(H,32,36). The van der Waals surface area contributed by atoms with Gasteiger partial charge in [-0.15, -0.1) is 0 Å². The number of carbonyl (C=O) groups excluding carboxylic acids is 1. The van der Waals surface area contributed by atoms with Crippen LogP contribution in [0.4, 0.5) is 10.1 Å². The van der Waals surface area contributed by atoms with Crippen LogP contribution in [0.2, 0.25) is 0 Å². The second-order valence-corrected chi connectivity index (χ2v) is 9.26. The van der Waals surface area contributed by atoms with E-state index < -0.39 is 5.82 Å². The number of hydrogen-bond donors (Lipinski definition) is 3. The molecule has 3 aromatic carbocycles. The zero-order valence-electron chi connectivity index (χ0n) is 21.0. The van der Waals surface area contributed by atoms with Gasteiger partial charge < -0.3 is 24.7 Å². The Kier molecular flexibility index (Phi) is 7.06. The first-order valence-electron chi connectivity index (χ1n) is 12.1. The number of carbonyl (C=O) groups is 1. The molecular weight excluding hydrogens is 483 g/mol. The first-order chi connectivity index (χ1) is 18.4. The zero-order chi connectivity index (χ0) is 26.6. The van der Waals surface area contributed by atoms with Crippen LogP contribution in [0.1, 0.15) is 32.8 Å². The molecule has 0 atom stereocenters. The number of nitrogens with zero attached hydrogens (tertiary/aromatic N) is 2.